The third-order valence-corrected chi connectivity index (χ3v) is 4.42. The quantitative estimate of drug-likeness (QED) is 0.851. The number of rotatable bonds is 4. The number of hydrogen-bond acceptors (Lipinski definition) is 3. The van der Waals surface area contributed by atoms with Crippen molar-refractivity contribution in [3.05, 3.63) is 59.2 Å². The summed E-state index contributed by atoms with van der Waals surface area (Å²) in [6.45, 7) is 1.40. The molecule has 0 atom stereocenters. The SMILES string of the molecule is Cc1ccc(S(=O)(=O)NCc2cc(F)ccc2F)cc1N. The van der Waals surface area contributed by atoms with Crippen LogP contribution in [0, 0.1) is 18.6 Å². The van der Waals surface area contributed by atoms with E-state index in [9.17, 15) is 17.2 Å². The van der Waals surface area contributed by atoms with E-state index in [0.29, 0.717) is 5.69 Å². The van der Waals surface area contributed by atoms with Crippen molar-refractivity contribution >= 4 is 15.7 Å². The summed E-state index contributed by atoms with van der Waals surface area (Å²) in [5.41, 5.74) is 6.69. The predicted octanol–water partition coefficient (Wildman–Crippen LogP) is 2.33. The Bertz CT molecular complexity index is 777. The highest BCUT2D eigenvalue weighted by molar-refractivity contribution is 7.89. The number of nitrogens with two attached hydrogens (primary N) is 1. The van der Waals surface area contributed by atoms with E-state index < -0.39 is 21.7 Å². The zero-order valence-corrected chi connectivity index (χ0v) is 12.0. The van der Waals surface area contributed by atoms with Crippen molar-refractivity contribution < 1.29 is 17.2 Å². The van der Waals surface area contributed by atoms with Crippen molar-refractivity contribution in [3.63, 3.8) is 0 Å². The highest BCUT2D eigenvalue weighted by Gasteiger charge is 2.15. The average molecular weight is 312 g/mol. The molecule has 0 aliphatic heterocycles. The smallest absolute Gasteiger partial charge is 0.240 e. The second kappa shape index (κ2) is 5.79. The van der Waals surface area contributed by atoms with Crippen molar-refractivity contribution in [3.8, 4) is 0 Å². The van der Waals surface area contributed by atoms with Gasteiger partial charge in [0.2, 0.25) is 10.0 Å². The Balaban J connectivity index is 2.21. The number of anilines is 1. The number of halogens is 2. The molecular weight excluding hydrogens is 298 g/mol. The number of nitrogen functional groups attached to an aromatic ring is 1. The number of aryl methyl sites for hydroxylation is 1. The minimum atomic E-state index is -3.85. The lowest BCUT2D eigenvalue weighted by Gasteiger charge is -2.09. The Labute approximate surface area is 121 Å². The molecule has 4 nitrogen and oxygen atoms in total. The zero-order chi connectivity index (χ0) is 15.6. The first-order chi connectivity index (χ1) is 9.79. The molecule has 0 unspecified atom stereocenters. The second-order valence-corrected chi connectivity index (χ2v) is 6.35. The molecule has 0 aliphatic carbocycles. The molecule has 0 fully saturated rings. The van der Waals surface area contributed by atoms with Gasteiger partial charge in [-0.1, -0.05) is 6.07 Å². The Morgan fingerprint density at radius 1 is 1.14 bits per heavy atom. The van der Waals surface area contributed by atoms with Gasteiger partial charge in [0.1, 0.15) is 11.6 Å². The van der Waals surface area contributed by atoms with Crippen LogP contribution in [0.25, 0.3) is 0 Å². The fourth-order valence-corrected chi connectivity index (χ4v) is 2.76. The largest absolute Gasteiger partial charge is 0.398 e. The van der Waals surface area contributed by atoms with E-state index in [2.05, 4.69) is 4.72 Å². The third-order valence-electron chi connectivity index (χ3n) is 3.02. The zero-order valence-electron chi connectivity index (χ0n) is 11.2. The number of nitrogens with one attached hydrogen (secondary N) is 1. The lowest BCUT2D eigenvalue weighted by molar-refractivity contribution is 0.567. The highest BCUT2D eigenvalue weighted by Crippen LogP contribution is 2.18. The van der Waals surface area contributed by atoms with Crippen LogP contribution in [0.3, 0.4) is 0 Å². The Hall–Kier alpha value is -1.99. The molecule has 0 bridgehead atoms. The van der Waals surface area contributed by atoms with E-state index in [1.807, 2.05) is 0 Å². The molecule has 0 saturated heterocycles. The van der Waals surface area contributed by atoms with Crippen LogP contribution in [-0.4, -0.2) is 8.42 Å². The minimum Gasteiger partial charge on any atom is -0.398 e. The van der Waals surface area contributed by atoms with E-state index in [0.717, 1.165) is 23.8 Å². The van der Waals surface area contributed by atoms with Gasteiger partial charge in [-0.2, -0.15) is 0 Å². The molecule has 0 saturated carbocycles. The van der Waals surface area contributed by atoms with Gasteiger partial charge >= 0.3 is 0 Å². The van der Waals surface area contributed by atoms with Gasteiger partial charge < -0.3 is 5.73 Å². The van der Waals surface area contributed by atoms with Crippen LogP contribution in [-0.2, 0) is 16.6 Å². The maximum absolute atomic E-state index is 13.4. The van der Waals surface area contributed by atoms with Crippen molar-refractivity contribution in [2.75, 3.05) is 5.73 Å². The second-order valence-electron chi connectivity index (χ2n) is 4.58. The molecule has 0 radical (unpaired) electrons. The predicted molar refractivity (Wildman–Crippen MR) is 76.0 cm³/mol. The summed E-state index contributed by atoms with van der Waals surface area (Å²) in [6.07, 6.45) is 0. The van der Waals surface area contributed by atoms with Crippen LogP contribution >= 0.6 is 0 Å². The van der Waals surface area contributed by atoms with Crippen molar-refractivity contribution in [1.29, 1.82) is 0 Å². The van der Waals surface area contributed by atoms with E-state index >= 15 is 0 Å². The first-order valence-electron chi connectivity index (χ1n) is 6.09. The van der Waals surface area contributed by atoms with Gasteiger partial charge in [-0.25, -0.2) is 21.9 Å². The van der Waals surface area contributed by atoms with E-state index in [4.69, 9.17) is 5.73 Å². The van der Waals surface area contributed by atoms with Gasteiger partial charge in [-0.15, -0.1) is 0 Å². The molecular formula is C14H14F2N2O2S. The highest BCUT2D eigenvalue weighted by atomic mass is 32.2. The molecule has 2 aromatic rings. The lowest BCUT2D eigenvalue weighted by Crippen LogP contribution is -2.24. The Morgan fingerprint density at radius 3 is 2.52 bits per heavy atom. The Morgan fingerprint density at radius 2 is 1.86 bits per heavy atom. The van der Waals surface area contributed by atoms with Crippen molar-refractivity contribution in [2.45, 2.75) is 18.4 Å². The third kappa shape index (κ3) is 3.56. The molecule has 2 aromatic carbocycles. The number of benzene rings is 2. The molecule has 7 heteroatoms. The summed E-state index contributed by atoms with van der Waals surface area (Å²) < 4.78 is 52.9. The summed E-state index contributed by atoms with van der Waals surface area (Å²) in [4.78, 5) is -0.0255. The fraction of sp³-hybridized carbons (Fsp3) is 0.143. The maximum atomic E-state index is 13.4. The van der Waals surface area contributed by atoms with Gasteiger partial charge in [0.25, 0.3) is 0 Å². The van der Waals surface area contributed by atoms with E-state index in [-0.39, 0.29) is 17.0 Å². The van der Waals surface area contributed by atoms with Crippen LogP contribution in [0.5, 0.6) is 0 Å². The monoisotopic (exact) mass is 312 g/mol. The van der Waals surface area contributed by atoms with Crippen molar-refractivity contribution in [1.82, 2.24) is 4.72 Å². The van der Waals surface area contributed by atoms with Gasteiger partial charge in [0, 0.05) is 17.8 Å². The van der Waals surface area contributed by atoms with E-state index in [1.165, 1.54) is 12.1 Å². The minimum absolute atomic E-state index is 0.0255. The molecule has 3 N–H and O–H groups in total. The molecule has 0 aliphatic rings. The van der Waals surface area contributed by atoms with Crippen LogP contribution in [0.1, 0.15) is 11.1 Å². The summed E-state index contributed by atoms with van der Waals surface area (Å²) in [6, 6.07) is 7.15. The van der Waals surface area contributed by atoms with Crippen molar-refractivity contribution in [2.24, 2.45) is 0 Å². The summed E-state index contributed by atoms with van der Waals surface area (Å²) in [5.74, 6) is -1.31. The summed E-state index contributed by atoms with van der Waals surface area (Å²) in [5, 5.41) is 0. The van der Waals surface area contributed by atoms with Crippen LogP contribution in [0.2, 0.25) is 0 Å². The van der Waals surface area contributed by atoms with Crippen LogP contribution in [0.15, 0.2) is 41.3 Å². The number of hydrogen-bond donors (Lipinski definition) is 2. The first kappa shape index (κ1) is 15.4. The molecule has 0 heterocycles. The molecule has 0 spiro atoms. The summed E-state index contributed by atoms with van der Waals surface area (Å²) >= 11 is 0. The lowest BCUT2D eigenvalue weighted by atomic mass is 10.2. The van der Waals surface area contributed by atoms with E-state index in [1.54, 1.807) is 13.0 Å². The molecule has 2 rings (SSSR count). The molecule has 21 heavy (non-hydrogen) atoms. The van der Waals surface area contributed by atoms with Gasteiger partial charge in [0.15, 0.2) is 0 Å². The standard InChI is InChI=1S/C14H14F2N2O2S/c1-9-2-4-12(7-14(9)17)21(19,20)18-8-10-6-11(15)3-5-13(10)16/h2-7,18H,8,17H2,1H3. The average Bonchev–Trinajstić information content (AvgIpc) is 2.43. The Kier molecular flexibility index (Phi) is 4.24. The fourth-order valence-electron chi connectivity index (χ4n) is 1.72. The topological polar surface area (TPSA) is 72.2 Å². The molecule has 0 aromatic heterocycles. The normalized spacial score (nSPS) is 11.6. The number of sulfonamides is 1. The van der Waals surface area contributed by atoms with Gasteiger partial charge in [0.05, 0.1) is 4.90 Å². The molecule has 0 amide bonds. The van der Waals surface area contributed by atoms with Crippen LogP contribution < -0.4 is 10.5 Å². The van der Waals surface area contributed by atoms with Gasteiger partial charge in [-0.3, -0.25) is 0 Å². The van der Waals surface area contributed by atoms with Gasteiger partial charge in [-0.05, 0) is 42.8 Å². The maximum Gasteiger partial charge on any atom is 0.240 e. The summed E-state index contributed by atoms with van der Waals surface area (Å²) in [7, 11) is -3.85. The first-order valence-corrected chi connectivity index (χ1v) is 7.57. The molecule has 112 valence electrons. The van der Waals surface area contributed by atoms with Crippen LogP contribution in [0.4, 0.5) is 14.5 Å².